The minimum absolute atomic E-state index is 0.108. The van der Waals surface area contributed by atoms with Gasteiger partial charge in [0.05, 0.1) is 15.5 Å². The lowest BCUT2D eigenvalue weighted by molar-refractivity contribution is -0.124. The van der Waals surface area contributed by atoms with Gasteiger partial charge in [-0.3, -0.25) is 9.63 Å². The van der Waals surface area contributed by atoms with E-state index in [0.29, 0.717) is 0 Å². The first kappa shape index (κ1) is 16.2. The lowest BCUT2D eigenvalue weighted by Crippen LogP contribution is -2.41. The summed E-state index contributed by atoms with van der Waals surface area (Å²) in [6, 6.07) is 0.966. The van der Waals surface area contributed by atoms with Gasteiger partial charge in [0, 0.05) is 4.47 Å². The number of carboxylic acid groups (broad SMARTS) is 1. The van der Waals surface area contributed by atoms with Crippen molar-refractivity contribution in [3.8, 4) is 0 Å². The molecule has 8 nitrogen and oxygen atoms in total. The van der Waals surface area contributed by atoms with Gasteiger partial charge in [0.1, 0.15) is 12.6 Å². The van der Waals surface area contributed by atoms with Crippen molar-refractivity contribution in [2.45, 2.75) is 10.9 Å². The number of hydroxylamine groups is 1. The number of sulfonamides is 1. The molecule has 1 atom stereocenters. The van der Waals surface area contributed by atoms with Crippen LogP contribution in [0.2, 0.25) is 5.02 Å². The number of carbonyl (C=O) groups excluding carboxylic acids is 1. The van der Waals surface area contributed by atoms with Crippen molar-refractivity contribution >= 4 is 49.4 Å². The fourth-order valence-electron chi connectivity index (χ4n) is 1.56. The summed E-state index contributed by atoms with van der Waals surface area (Å²) in [5.74, 6) is -2.01. The van der Waals surface area contributed by atoms with Crippen LogP contribution in [0.25, 0.3) is 0 Å². The maximum absolute atomic E-state index is 12.2. The first-order valence-electron chi connectivity index (χ1n) is 5.38. The molecule has 1 amide bonds. The third-order valence-corrected chi connectivity index (χ3v) is 5.29. The van der Waals surface area contributed by atoms with Crippen molar-refractivity contribution in [1.82, 2.24) is 10.2 Å². The Labute approximate surface area is 132 Å². The number of amides is 1. The fraction of sp³-hybridized carbons (Fsp3) is 0.200. The molecule has 1 saturated heterocycles. The second kappa shape index (κ2) is 5.89. The molecule has 0 saturated carbocycles. The van der Waals surface area contributed by atoms with Gasteiger partial charge in [0.2, 0.25) is 10.0 Å². The Balaban J connectivity index is 2.40. The van der Waals surface area contributed by atoms with Crippen LogP contribution in [0.5, 0.6) is 0 Å². The molecule has 0 aromatic heterocycles. The summed E-state index contributed by atoms with van der Waals surface area (Å²) in [6.07, 6.45) is 0. The molecule has 1 heterocycles. The number of aromatic carboxylic acids is 1. The number of benzene rings is 1. The van der Waals surface area contributed by atoms with E-state index in [2.05, 4.69) is 25.5 Å². The molecule has 21 heavy (non-hydrogen) atoms. The Morgan fingerprint density at radius 3 is 2.71 bits per heavy atom. The molecule has 1 aromatic carbocycles. The molecule has 1 fully saturated rings. The molecule has 0 aliphatic carbocycles. The lowest BCUT2D eigenvalue weighted by Gasteiger charge is -2.11. The maximum Gasteiger partial charge on any atom is 0.337 e. The third-order valence-electron chi connectivity index (χ3n) is 2.58. The molecule has 0 bridgehead atoms. The molecule has 114 valence electrons. The molecular formula is C10H8BrClN2O6S. The minimum Gasteiger partial charge on any atom is -0.478 e. The van der Waals surface area contributed by atoms with Crippen LogP contribution in [0.4, 0.5) is 0 Å². The number of rotatable bonds is 4. The van der Waals surface area contributed by atoms with Crippen LogP contribution < -0.4 is 10.2 Å². The normalized spacial score (nSPS) is 18.6. The smallest absolute Gasteiger partial charge is 0.337 e. The van der Waals surface area contributed by atoms with Crippen LogP contribution in [-0.4, -0.2) is 38.0 Å². The van der Waals surface area contributed by atoms with E-state index >= 15 is 0 Å². The Hall–Kier alpha value is -1.20. The van der Waals surface area contributed by atoms with E-state index in [1.807, 2.05) is 5.48 Å². The van der Waals surface area contributed by atoms with Gasteiger partial charge in [0.25, 0.3) is 5.91 Å². The van der Waals surface area contributed by atoms with Gasteiger partial charge in [-0.05, 0) is 28.1 Å². The van der Waals surface area contributed by atoms with E-state index in [4.69, 9.17) is 16.7 Å². The van der Waals surface area contributed by atoms with Gasteiger partial charge < -0.3 is 5.11 Å². The number of carbonyl (C=O) groups is 2. The van der Waals surface area contributed by atoms with E-state index in [-0.39, 0.29) is 26.6 Å². The summed E-state index contributed by atoms with van der Waals surface area (Å²) >= 11 is 8.77. The zero-order valence-corrected chi connectivity index (χ0v) is 13.3. The molecular weight excluding hydrogens is 392 g/mol. The molecule has 11 heteroatoms. The number of halogens is 2. The van der Waals surface area contributed by atoms with E-state index in [9.17, 15) is 18.0 Å². The summed E-state index contributed by atoms with van der Waals surface area (Å²) in [4.78, 5) is 26.6. The Bertz CT molecular complexity index is 723. The second-order valence-corrected chi connectivity index (χ2v) is 6.97. The highest BCUT2D eigenvalue weighted by molar-refractivity contribution is 9.10. The molecule has 1 aliphatic rings. The summed E-state index contributed by atoms with van der Waals surface area (Å²) < 4.78 is 26.6. The van der Waals surface area contributed by atoms with Crippen molar-refractivity contribution in [3.05, 3.63) is 27.2 Å². The first-order valence-corrected chi connectivity index (χ1v) is 8.04. The van der Waals surface area contributed by atoms with Crippen LogP contribution in [0.3, 0.4) is 0 Å². The summed E-state index contributed by atoms with van der Waals surface area (Å²) in [5.41, 5.74) is 1.63. The number of carboxylic acids is 1. The molecule has 2 rings (SSSR count). The summed E-state index contributed by atoms with van der Waals surface area (Å²) in [5, 5.41) is 8.88. The zero-order chi connectivity index (χ0) is 15.8. The topological polar surface area (TPSA) is 122 Å². The average Bonchev–Trinajstić information content (AvgIpc) is 2.77. The lowest BCUT2D eigenvalue weighted by atomic mass is 10.2. The van der Waals surface area contributed by atoms with Crippen LogP contribution in [0.15, 0.2) is 21.5 Å². The number of hydrogen-bond acceptors (Lipinski definition) is 5. The molecule has 0 radical (unpaired) electrons. The summed E-state index contributed by atoms with van der Waals surface area (Å²) in [6.45, 7) is -0.168. The van der Waals surface area contributed by atoms with Gasteiger partial charge in [-0.2, -0.15) is 4.72 Å². The predicted octanol–water partition coefficient (Wildman–Crippen LogP) is 0.509. The van der Waals surface area contributed by atoms with Crippen molar-refractivity contribution in [1.29, 1.82) is 0 Å². The van der Waals surface area contributed by atoms with E-state index in [1.165, 1.54) is 0 Å². The molecule has 3 N–H and O–H groups in total. The third kappa shape index (κ3) is 3.35. The number of nitrogens with one attached hydrogen (secondary N) is 2. The standard InChI is InChI=1S/C10H8BrClN2O6S/c11-6-2-4(1-5(8(6)12)10(16)17)21(18,19)14-7-3-20-13-9(7)15/h1-2,7,14H,3H2,(H,13,15)(H,16,17)/t7-/m1/s1. The maximum atomic E-state index is 12.2. The number of hydrogen-bond donors (Lipinski definition) is 3. The Morgan fingerprint density at radius 1 is 1.52 bits per heavy atom. The highest BCUT2D eigenvalue weighted by atomic mass is 79.9. The van der Waals surface area contributed by atoms with E-state index < -0.39 is 27.9 Å². The largest absolute Gasteiger partial charge is 0.478 e. The molecule has 1 aliphatic heterocycles. The van der Waals surface area contributed by atoms with Crippen molar-refractivity contribution in [2.75, 3.05) is 6.61 Å². The first-order chi connectivity index (χ1) is 9.72. The van der Waals surface area contributed by atoms with E-state index in [1.54, 1.807) is 0 Å². The van der Waals surface area contributed by atoms with Crippen LogP contribution in [-0.2, 0) is 19.7 Å². The van der Waals surface area contributed by atoms with Crippen molar-refractivity contribution in [3.63, 3.8) is 0 Å². The predicted molar refractivity (Wildman–Crippen MR) is 74.3 cm³/mol. The van der Waals surface area contributed by atoms with Gasteiger partial charge >= 0.3 is 5.97 Å². The van der Waals surface area contributed by atoms with E-state index in [0.717, 1.165) is 12.1 Å². The van der Waals surface area contributed by atoms with Crippen molar-refractivity contribution in [2.24, 2.45) is 0 Å². The second-order valence-electron chi connectivity index (χ2n) is 4.02. The fourth-order valence-corrected chi connectivity index (χ4v) is 3.59. The average molecular weight is 400 g/mol. The van der Waals surface area contributed by atoms with Gasteiger partial charge in [-0.15, -0.1) is 0 Å². The Kier molecular flexibility index (Phi) is 4.54. The van der Waals surface area contributed by atoms with Crippen molar-refractivity contribution < 1.29 is 28.0 Å². The SMILES string of the molecule is O=C(O)c1cc(S(=O)(=O)N[C@@H]2CONC2=O)cc(Br)c1Cl. The van der Waals surface area contributed by atoms with Gasteiger partial charge in [0.15, 0.2) is 0 Å². The van der Waals surface area contributed by atoms with Crippen LogP contribution >= 0.6 is 27.5 Å². The highest BCUT2D eigenvalue weighted by Crippen LogP contribution is 2.30. The van der Waals surface area contributed by atoms with Gasteiger partial charge in [-0.25, -0.2) is 18.7 Å². The molecule has 1 aromatic rings. The highest BCUT2D eigenvalue weighted by Gasteiger charge is 2.31. The van der Waals surface area contributed by atoms with Gasteiger partial charge in [-0.1, -0.05) is 11.6 Å². The Morgan fingerprint density at radius 2 is 2.19 bits per heavy atom. The summed E-state index contributed by atoms with van der Waals surface area (Å²) in [7, 11) is -4.11. The molecule has 0 spiro atoms. The molecule has 0 unspecified atom stereocenters. The zero-order valence-electron chi connectivity index (χ0n) is 10.1. The quantitative estimate of drug-likeness (QED) is 0.678. The monoisotopic (exact) mass is 398 g/mol. The van der Waals surface area contributed by atoms with Crippen LogP contribution in [0.1, 0.15) is 10.4 Å². The minimum atomic E-state index is -4.11. The van der Waals surface area contributed by atoms with Crippen LogP contribution in [0, 0.1) is 0 Å².